The minimum absolute atomic E-state index is 0.0277. The Bertz CT molecular complexity index is 1050. The van der Waals surface area contributed by atoms with Crippen LogP contribution in [0.2, 0.25) is 0 Å². The maximum Gasteiger partial charge on any atom is 0.472 e. The average molecular weight is 813 g/mol. The van der Waals surface area contributed by atoms with Crippen LogP contribution < -0.4 is 0 Å². The molecule has 0 aliphatic carbocycles. The summed E-state index contributed by atoms with van der Waals surface area (Å²) in [5.41, 5.74) is 0. The molecule has 328 valence electrons. The molecule has 56 heavy (non-hydrogen) atoms. The molecule has 1 N–H and O–H groups in total. The van der Waals surface area contributed by atoms with E-state index in [1.807, 2.05) is 21.1 Å². The first kappa shape index (κ1) is 54.2. The third-order valence-corrected chi connectivity index (χ3v) is 10.6. The van der Waals surface area contributed by atoms with Crippen molar-refractivity contribution in [2.45, 2.75) is 200 Å². The number of phosphoric acid groups is 1. The number of allylic oxidation sites excluding steroid dienone is 6. The van der Waals surface area contributed by atoms with Gasteiger partial charge in [0.15, 0.2) is 6.10 Å². The zero-order chi connectivity index (χ0) is 41.4. The van der Waals surface area contributed by atoms with E-state index in [9.17, 15) is 19.0 Å². The molecule has 0 saturated heterocycles. The summed E-state index contributed by atoms with van der Waals surface area (Å²) in [6, 6.07) is 0. The number of esters is 2. The Morgan fingerprint density at radius 1 is 0.554 bits per heavy atom. The topological polar surface area (TPSA) is 108 Å². The molecule has 0 aromatic carbocycles. The molecule has 0 aliphatic heterocycles. The molecule has 0 fully saturated rings. The number of unbranched alkanes of at least 4 members (excludes halogenated alkanes) is 21. The van der Waals surface area contributed by atoms with Crippen molar-refractivity contribution < 1.29 is 42.1 Å². The summed E-state index contributed by atoms with van der Waals surface area (Å²) in [6.45, 7) is 4.37. The maximum atomic E-state index is 12.7. The predicted molar refractivity (Wildman–Crippen MR) is 234 cm³/mol. The number of nitrogens with zero attached hydrogens (tertiary/aromatic N) is 1. The van der Waals surface area contributed by atoms with E-state index in [1.165, 1.54) is 96.3 Å². The smallest absolute Gasteiger partial charge is 0.462 e. The number of hydrogen-bond donors (Lipinski definition) is 1. The predicted octanol–water partition coefficient (Wildman–Crippen LogP) is 12.9. The van der Waals surface area contributed by atoms with Gasteiger partial charge in [-0.15, -0.1) is 0 Å². The molecule has 9 nitrogen and oxygen atoms in total. The molecule has 1 unspecified atom stereocenters. The molecule has 0 radical (unpaired) electrons. The average Bonchev–Trinajstić information content (AvgIpc) is 3.15. The minimum atomic E-state index is -4.38. The summed E-state index contributed by atoms with van der Waals surface area (Å²) < 4.78 is 34.3. The second-order valence-electron chi connectivity index (χ2n) is 16.4. The quantitative estimate of drug-likeness (QED) is 0.0214. The third kappa shape index (κ3) is 41.9. The van der Waals surface area contributed by atoms with Crippen LogP contribution >= 0.6 is 7.82 Å². The molecular formula is C46H87NO8P+. The number of carbonyl (C=O) groups is 2. The fourth-order valence-electron chi connectivity index (χ4n) is 6.04. The highest BCUT2D eigenvalue weighted by Gasteiger charge is 2.27. The van der Waals surface area contributed by atoms with Crippen molar-refractivity contribution in [2.75, 3.05) is 47.5 Å². The molecular weight excluding hydrogens is 725 g/mol. The van der Waals surface area contributed by atoms with Crippen molar-refractivity contribution >= 4 is 19.8 Å². The Hall–Kier alpha value is -1.77. The first-order chi connectivity index (χ1) is 27.0. The van der Waals surface area contributed by atoms with E-state index in [4.69, 9.17) is 18.5 Å². The maximum absolute atomic E-state index is 12.7. The van der Waals surface area contributed by atoms with Crippen molar-refractivity contribution in [1.29, 1.82) is 0 Å². The van der Waals surface area contributed by atoms with Crippen LogP contribution in [0.15, 0.2) is 36.5 Å². The molecule has 0 amide bonds. The summed E-state index contributed by atoms with van der Waals surface area (Å²) in [6.07, 6.45) is 43.3. The third-order valence-electron chi connectivity index (χ3n) is 9.64. The molecule has 0 spiro atoms. The molecule has 2 atom stereocenters. The Balaban J connectivity index is 4.37. The zero-order valence-electron chi connectivity index (χ0n) is 36.9. The van der Waals surface area contributed by atoms with Gasteiger partial charge in [-0.2, -0.15) is 0 Å². The van der Waals surface area contributed by atoms with Crippen molar-refractivity contribution in [3.05, 3.63) is 36.5 Å². The van der Waals surface area contributed by atoms with Gasteiger partial charge in [-0.1, -0.05) is 147 Å². The number of quaternary nitrogens is 1. The van der Waals surface area contributed by atoms with E-state index >= 15 is 0 Å². The van der Waals surface area contributed by atoms with Crippen LogP contribution in [0.5, 0.6) is 0 Å². The highest BCUT2D eigenvalue weighted by Crippen LogP contribution is 2.43. The van der Waals surface area contributed by atoms with Gasteiger partial charge in [0, 0.05) is 12.8 Å². The minimum Gasteiger partial charge on any atom is -0.462 e. The van der Waals surface area contributed by atoms with Gasteiger partial charge in [-0.25, -0.2) is 4.57 Å². The Morgan fingerprint density at radius 2 is 0.964 bits per heavy atom. The largest absolute Gasteiger partial charge is 0.472 e. The van der Waals surface area contributed by atoms with E-state index in [-0.39, 0.29) is 32.0 Å². The number of rotatable bonds is 41. The van der Waals surface area contributed by atoms with E-state index in [0.29, 0.717) is 23.9 Å². The van der Waals surface area contributed by atoms with Crippen LogP contribution in [-0.2, 0) is 32.7 Å². The van der Waals surface area contributed by atoms with Crippen LogP contribution in [-0.4, -0.2) is 74.9 Å². The molecule has 0 aromatic heterocycles. The molecule has 0 aliphatic rings. The summed E-state index contributed by atoms with van der Waals surface area (Å²) in [7, 11) is 1.46. The van der Waals surface area contributed by atoms with Gasteiger partial charge in [0.2, 0.25) is 0 Å². The first-order valence-corrected chi connectivity index (χ1v) is 24.2. The van der Waals surface area contributed by atoms with Crippen LogP contribution in [0.1, 0.15) is 194 Å². The summed E-state index contributed by atoms with van der Waals surface area (Å²) >= 11 is 0. The number of ether oxygens (including phenoxy) is 2. The molecule has 0 heterocycles. The Labute approximate surface area is 344 Å². The Kier molecular flexibility index (Phi) is 37.5. The second kappa shape index (κ2) is 38.7. The van der Waals surface area contributed by atoms with E-state index in [2.05, 4.69) is 50.3 Å². The second-order valence-corrected chi connectivity index (χ2v) is 17.9. The lowest BCUT2D eigenvalue weighted by atomic mass is 10.1. The lowest BCUT2D eigenvalue weighted by Gasteiger charge is -2.24. The Morgan fingerprint density at radius 3 is 1.48 bits per heavy atom. The van der Waals surface area contributed by atoms with Gasteiger partial charge < -0.3 is 18.9 Å². The molecule has 0 rings (SSSR count). The van der Waals surface area contributed by atoms with Gasteiger partial charge in [0.25, 0.3) is 0 Å². The fourth-order valence-corrected chi connectivity index (χ4v) is 6.78. The monoisotopic (exact) mass is 813 g/mol. The van der Waals surface area contributed by atoms with E-state index in [1.54, 1.807) is 0 Å². The lowest BCUT2D eigenvalue weighted by Crippen LogP contribution is -2.37. The number of phosphoric ester groups is 1. The van der Waals surface area contributed by atoms with Gasteiger partial charge in [-0.3, -0.25) is 18.6 Å². The van der Waals surface area contributed by atoms with Crippen molar-refractivity contribution in [2.24, 2.45) is 0 Å². The number of carbonyl (C=O) groups excluding carboxylic acids is 2. The summed E-state index contributed by atoms with van der Waals surface area (Å²) in [4.78, 5) is 35.4. The molecule has 0 aromatic rings. The highest BCUT2D eigenvalue weighted by molar-refractivity contribution is 7.47. The van der Waals surface area contributed by atoms with E-state index < -0.39 is 26.5 Å². The van der Waals surface area contributed by atoms with Gasteiger partial charge >= 0.3 is 19.8 Å². The molecule has 10 heteroatoms. The van der Waals surface area contributed by atoms with Crippen LogP contribution in [0.4, 0.5) is 0 Å². The van der Waals surface area contributed by atoms with Gasteiger partial charge in [0.1, 0.15) is 19.8 Å². The normalized spacial score (nSPS) is 13.9. The standard InChI is InChI=1S/C46H86NO8P/c1-6-8-10-12-14-16-18-20-22-23-25-27-29-31-33-35-37-39-46(49)55-44(43-54-56(50,51)53-41-40-47(3,4)5)42-52-45(48)38-36-34-32-30-28-26-24-21-19-17-15-13-11-9-7-2/h14,16,20,22,26,28,44H,6-13,15,17-19,21,23-25,27,29-43H2,1-5H3/p+1/b16-14+,22-20+,28-26+/t44-/m1/s1. The van der Waals surface area contributed by atoms with Crippen molar-refractivity contribution in [1.82, 2.24) is 0 Å². The van der Waals surface area contributed by atoms with Crippen LogP contribution in [0.3, 0.4) is 0 Å². The van der Waals surface area contributed by atoms with Crippen molar-refractivity contribution in [3.63, 3.8) is 0 Å². The van der Waals surface area contributed by atoms with Gasteiger partial charge in [0.05, 0.1) is 27.7 Å². The SMILES string of the molecule is CCCCC/C=C/C/C=C/CCCCCCCCCC(=O)O[C@H](COC(=O)CCCCC/C=C/CCCCCCCCCC)COP(=O)(O)OCC[N+](C)(C)C. The van der Waals surface area contributed by atoms with Gasteiger partial charge in [-0.05, 0) is 70.6 Å². The van der Waals surface area contributed by atoms with E-state index in [0.717, 1.165) is 57.8 Å². The van der Waals surface area contributed by atoms with Crippen molar-refractivity contribution in [3.8, 4) is 0 Å². The van der Waals surface area contributed by atoms with Crippen LogP contribution in [0.25, 0.3) is 0 Å². The number of hydrogen-bond acceptors (Lipinski definition) is 7. The lowest BCUT2D eigenvalue weighted by molar-refractivity contribution is -0.870. The zero-order valence-corrected chi connectivity index (χ0v) is 37.8. The van der Waals surface area contributed by atoms with Crippen LogP contribution in [0, 0.1) is 0 Å². The fraction of sp³-hybridized carbons (Fsp3) is 0.826. The number of likely N-dealkylation sites (N-methyl/N-ethyl adjacent to an activating group) is 1. The molecule has 0 saturated carbocycles. The summed E-state index contributed by atoms with van der Waals surface area (Å²) in [5, 5.41) is 0. The highest BCUT2D eigenvalue weighted by atomic mass is 31.2. The summed E-state index contributed by atoms with van der Waals surface area (Å²) in [5.74, 6) is -0.824. The first-order valence-electron chi connectivity index (χ1n) is 22.7. The molecule has 0 bridgehead atoms.